The van der Waals surface area contributed by atoms with Gasteiger partial charge in [-0.2, -0.15) is 0 Å². The molecule has 0 radical (unpaired) electrons. The van der Waals surface area contributed by atoms with E-state index < -0.39 is 0 Å². The molecule has 0 atom stereocenters. The zero-order valence-electron chi connectivity index (χ0n) is 12.3. The van der Waals surface area contributed by atoms with Gasteiger partial charge in [-0.25, -0.2) is 0 Å². The molecule has 0 aliphatic rings. The van der Waals surface area contributed by atoms with Gasteiger partial charge in [-0.05, 0) is 38.1 Å². The smallest absolute Gasteiger partial charge is 0.163 e. The summed E-state index contributed by atoms with van der Waals surface area (Å²) < 4.78 is 11.1. The summed E-state index contributed by atoms with van der Waals surface area (Å²) in [5, 5.41) is 12.5. The molecule has 0 amide bonds. The third-order valence-electron chi connectivity index (χ3n) is 2.83. The van der Waals surface area contributed by atoms with Crippen LogP contribution < -0.4 is 14.8 Å². The lowest BCUT2D eigenvalue weighted by molar-refractivity contribution is 0.288. The third kappa shape index (κ3) is 4.27. The first-order chi connectivity index (χ1) is 10.2. The Morgan fingerprint density at radius 1 is 1.05 bits per heavy atom. The highest BCUT2D eigenvalue weighted by Gasteiger charge is 2.06. The van der Waals surface area contributed by atoms with Crippen LogP contribution in [0.4, 0.5) is 5.69 Å². The summed E-state index contributed by atoms with van der Waals surface area (Å²) in [4.78, 5) is 4.13. The first-order valence-electron chi connectivity index (χ1n) is 7.00. The Balaban J connectivity index is 2.05. The monoisotopic (exact) mass is 288 g/mol. The Labute approximate surface area is 124 Å². The number of hydrogen-bond acceptors (Lipinski definition) is 5. The minimum atomic E-state index is 0.165. The Morgan fingerprint density at radius 3 is 2.48 bits per heavy atom. The molecule has 0 saturated heterocycles. The van der Waals surface area contributed by atoms with Crippen LogP contribution >= 0.6 is 0 Å². The second kappa shape index (κ2) is 7.38. The second-order valence-electron chi connectivity index (χ2n) is 4.39. The van der Waals surface area contributed by atoms with Crippen molar-refractivity contribution >= 4 is 5.69 Å². The van der Waals surface area contributed by atoms with E-state index in [4.69, 9.17) is 9.47 Å². The van der Waals surface area contributed by atoms with Crippen molar-refractivity contribution in [1.29, 1.82) is 0 Å². The van der Waals surface area contributed by atoms with Gasteiger partial charge < -0.3 is 19.9 Å². The van der Waals surface area contributed by atoms with Crippen LogP contribution in [0.1, 0.15) is 19.5 Å². The van der Waals surface area contributed by atoms with Crippen molar-refractivity contribution in [2.45, 2.75) is 20.4 Å². The lowest BCUT2D eigenvalue weighted by atomic mass is 10.2. The van der Waals surface area contributed by atoms with Crippen LogP contribution in [0.5, 0.6) is 17.2 Å². The Hall–Kier alpha value is -2.43. The number of aromatic nitrogens is 1. The average Bonchev–Trinajstić information content (AvgIpc) is 2.49. The first-order valence-corrected chi connectivity index (χ1v) is 7.00. The largest absolute Gasteiger partial charge is 0.506 e. The van der Waals surface area contributed by atoms with E-state index in [1.807, 2.05) is 32.0 Å². The molecule has 0 aliphatic carbocycles. The minimum absolute atomic E-state index is 0.165. The molecule has 0 spiro atoms. The fourth-order valence-corrected chi connectivity index (χ4v) is 1.87. The van der Waals surface area contributed by atoms with Gasteiger partial charge in [-0.3, -0.25) is 4.98 Å². The molecule has 1 heterocycles. The highest BCUT2D eigenvalue weighted by molar-refractivity contribution is 5.54. The fourth-order valence-electron chi connectivity index (χ4n) is 1.87. The zero-order valence-corrected chi connectivity index (χ0v) is 12.3. The zero-order chi connectivity index (χ0) is 15.1. The molecular weight excluding hydrogens is 268 g/mol. The molecule has 0 saturated carbocycles. The van der Waals surface area contributed by atoms with Crippen molar-refractivity contribution in [3.8, 4) is 17.2 Å². The van der Waals surface area contributed by atoms with E-state index in [1.54, 1.807) is 12.1 Å². The van der Waals surface area contributed by atoms with Crippen LogP contribution in [0.25, 0.3) is 0 Å². The molecule has 21 heavy (non-hydrogen) atoms. The standard InChI is InChI=1S/C16H20N2O3/c1-3-20-15-8-6-12(9-16(15)21-4-2)17-10-13-5-7-14(19)11-18-13/h5-9,11,17,19H,3-4,10H2,1-2H3. The van der Waals surface area contributed by atoms with Gasteiger partial charge in [0, 0.05) is 11.8 Å². The van der Waals surface area contributed by atoms with E-state index in [1.165, 1.54) is 6.20 Å². The Bertz CT molecular complexity index is 570. The second-order valence-corrected chi connectivity index (χ2v) is 4.39. The van der Waals surface area contributed by atoms with Gasteiger partial charge in [-0.1, -0.05) is 0 Å². The number of ether oxygens (including phenoxy) is 2. The summed E-state index contributed by atoms with van der Waals surface area (Å²) in [6.45, 7) is 5.64. The SMILES string of the molecule is CCOc1ccc(NCc2ccc(O)cn2)cc1OCC. The van der Waals surface area contributed by atoms with E-state index in [0.717, 1.165) is 22.9 Å². The van der Waals surface area contributed by atoms with Gasteiger partial charge in [0.05, 0.1) is 31.6 Å². The van der Waals surface area contributed by atoms with Crippen LogP contribution in [0.2, 0.25) is 0 Å². The number of aromatic hydroxyl groups is 1. The number of nitrogens with zero attached hydrogens (tertiary/aromatic N) is 1. The molecule has 0 unspecified atom stereocenters. The van der Waals surface area contributed by atoms with Gasteiger partial charge in [0.1, 0.15) is 5.75 Å². The lowest BCUT2D eigenvalue weighted by Crippen LogP contribution is -2.03. The normalized spacial score (nSPS) is 10.2. The molecule has 1 aromatic carbocycles. The average molecular weight is 288 g/mol. The van der Waals surface area contributed by atoms with Gasteiger partial charge in [0.15, 0.2) is 11.5 Å². The van der Waals surface area contributed by atoms with Crippen molar-refractivity contribution in [2.75, 3.05) is 18.5 Å². The van der Waals surface area contributed by atoms with Crippen molar-refractivity contribution in [3.05, 3.63) is 42.2 Å². The maximum Gasteiger partial charge on any atom is 0.163 e. The molecule has 5 nitrogen and oxygen atoms in total. The van der Waals surface area contributed by atoms with E-state index in [9.17, 15) is 5.11 Å². The number of pyridine rings is 1. The van der Waals surface area contributed by atoms with Crippen LogP contribution in [-0.2, 0) is 6.54 Å². The highest BCUT2D eigenvalue weighted by atomic mass is 16.5. The molecule has 2 N–H and O–H groups in total. The Morgan fingerprint density at radius 2 is 1.81 bits per heavy atom. The summed E-state index contributed by atoms with van der Waals surface area (Å²) in [5.74, 6) is 1.63. The quantitative estimate of drug-likeness (QED) is 0.819. The van der Waals surface area contributed by atoms with Crippen LogP contribution in [0, 0.1) is 0 Å². The molecular formula is C16H20N2O3. The molecule has 0 bridgehead atoms. The molecule has 2 rings (SSSR count). The summed E-state index contributed by atoms with van der Waals surface area (Å²) in [6.07, 6.45) is 1.43. The van der Waals surface area contributed by atoms with Gasteiger partial charge in [-0.15, -0.1) is 0 Å². The van der Waals surface area contributed by atoms with Gasteiger partial charge >= 0.3 is 0 Å². The topological polar surface area (TPSA) is 63.6 Å². The van der Waals surface area contributed by atoms with Crippen LogP contribution in [0.15, 0.2) is 36.5 Å². The van der Waals surface area contributed by atoms with E-state index in [2.05, 4.69) is 10.3 Å². The number of nitrogens with one attached hydrogen (secondary N) is 1. The molecule has 112 valence electrons. The minimum Gasteiger partial charge on any atom is -0.506 e. The maximum atomic E-state index is 9.21. The van der Waals surface area contributed by atoms with Gasteiger partial charge in [0.2, 0.25) is 0 Å². The molecule has 1 aromatic heterocycles. The van der Waals surface area contributed by atoms with E-state index in [-0.39, 0.29) is 5.75 Å². The fraction of sp³-hybridized carbons (Fsp3) is 0.312. The number of hydrogen-bond donors (Lipinski definition) is 2. The molecule has 0 aliphatic heterocycles. The summed E-state index contributed by atoms with van der Waals surface area (Å²) in [6, 6.07) is 9.14. The molecule has 0 fully saturated rings. The van der Waals surface area contributed by atoms with Crippen molar-refractivity contribution in [2.24, 2.45) is 0 Å². The highest BCUT2D eigenvalue weighted by Crippen LogP contribution is 2.30. The number of rotatable bonds is 7. The number of anilines is 1. The van der Waals surface area contributed by atoms with Crippen LogP contribution in [-0.4, -0.2) is 23.3 Å². The predicted octanol–water partition coefficient (Wildman–Crippen LogP) is 3.20. The summed E-state index contributed by atoms with van der Waals surface area (Å²) >= 11 is 0. The summed E-state index contributed by atoms with van der Waals surface area (Å²) in [7, 11) is 0. The predicted molar refractivity (Wildman–Crippen MR) is 82.0 cm³/mol. The Kier molecular flexibility index (Phi) is 5.26. The third-order valence-corrected chi connectivity index (χ3v) is 2.83. The van der Waals surface area contributed by atoms with Crippen LogP contribution in [0.3, 0.4) is 0 Å². The molecule has 5 heteroatoms. The van der Waals surface area contributed by atoms with E-state index in [0.29, 0.717) is 19.8 Å². The van der Waals surface area contributed by atoms with E-state index >= 15 is 0 Å². The summed E-state index contributed by atoms with van der Waals surface area (Å²) in [5.41, 5.74) is 1.77. The van der Waals surface area contributed by atoms with Crippen molar-refractivity contribution < 1.29 is 14.6 Å². The molecule has 2 aromatic rings. The lowest BCUT2D eigenvalue weighted by Gasteiger charge is -2.13. The maximum absolute atomic E-state index is 9.21. The first kappa shape index (κ1) is 15.0. The van der Waals surface area contributed by atoms with Crippen molar-refractivity contribution in [1.82, 2.24) is 4.98 Å². The van der Waals surface area contributed by atoms with Gasteiger partial charge in [0.25, 0.3) is 0 Å². The number of benzene rings is 1. The van der Waals surface area contributed by atoms with Crippen molar-refractivity contribution in [3.63, 3.8) is 0 Å².